The van der Waals surface area contributed by atoms with Crippen molar-refractivity contribution in [2.45, 2.75) is 13.0 Å². The summed E-state index contributed by atoms with van der Waals surface area (Å²) < 4.78 is 16.7. The van der Waals surface area contributed by atoms with Gasteiger partial charge in [-0.1, -0.05) is 17.4 Å². The molecule has 0 saturated heterocycles. The van der Waals surface area contributed by atoms with E-state index in [1.165, 1.54) is 40.5 Å². The summed E-state index contributed by atoms with van der Waals surface area (Å²) in [5.41, 5.74) is 0.864. The number of hydrogen-bond acceptors (Lipinski definition) is 6. The lowest BCUT2D eigenvalue weighted by Crippen LogP contribution is -2.30. The molecule has 0 saturated carbocycles. The molecule has 1 amide bonds. The van der Waals surface area contributed by atoms with Gasteiger partial charge in [-0.05, 0) is 42.3 Å². The Morgan fingerprint density at radius 3 is 2.70 bits per heavy atom. The Morgan fingerprint density at radius 2 is 2.03 bits per heavy atom. The van der Waals surface area contributed by atoms with E-state index in [-0.39, 0.29) is 29.5 Å². The number of nitro benzene ring substituents is 1. The summed E-state index contributed by atoms with van der Waals surface area (Å²) in [6.45, 7) is 1.04. The molecule has 2 heterocycles. The number of aromatic nitrogens is 3. The minimum absolute atomic E-state index is 0. The molecule has 4 aromatic rings. The van der Waals surface area contributed by atoms with Crippen molar-refractivity contribution in [3.8, 4) is 0 Å². The number of thiazole rings is 1. The number of carbonyl (C=O) groups excluding carboxylic acids is 1. The molecule has 0 bridgehead atoms. The van der Waals surface area contributed by atoms with Gasteiger partial charge in [0.25, 0.3) is 11.6 Å². The number of fused-ring (bicyclic) bond motifs is 1. The smallest absolute Gasteiger partial charge is 0.269 e. The van der Waals surface area contributed by atoms with Gasteiger partial charge in [0.15, 0.2) is 5.13 Å². The molecule has 0 unspecified atom stereocenters. The lowest BCUT2D eigenvalue weighted by molar-refractivity contribution is -0.384. The second kappa shape index (κ2) is 10.8. The molecule has 0 spiro atoms. The molecule has 11 heteroatoms. The van der Waals surface area contributed by atoms with Crippen molar-refractivity contribution in [2.75, 3.05) is 11.4 Å². The van der Waals surface area contributed by atoms with Gasteiger partial charge >= 0.3 is 0 Å². The van der Waals surface area contributed by atoms with E-state index in [9.17, 15) is 19.3 Å². The Bertz CT molecular complexity index is 1280. The zero-order chi connectivity index (χ0) is 22.5. The van der Waals surface area contributed by atoms with Crippen LogP contribution in [-0.4, -0.2) is 31.9 Å². The zero-order valence-corrected chi connectivity index (χ0v) is 18.8. The fourth-order valence-corrected chi connectivity index (χ4v) is 4.13. The van der Waals surface area contributed by atoms with E-state index in [1.54, 1.807) is 42.9 Å². The summed E-state index contributed by atoms with van der Waals surface area (Å²) in [7, 11) is 0. The van der Waals surface area contributed by atoms with E-state index in [1.807, 2.05) is 10.8 Å². The van der Waals surface area contributed by atoms with Crippen LogP contribution in [0.2, 0.25) is 0 Å². The van der Waals surface area contributed by atoms with E-state index < -0.39 is 10.7 Å². The van der Waals surface area contributed by atoms with Crippen LogP contribution in [0.5, 0.6) is 0 Å². The SMILES string of the molecule is Cl.O=C(/C=C/c1ccc([N+](=O)[O-])cc1)N(CCCn1ccnc1)c1nc2c(F)cccc2s1. The number of halogens is 2. The molecule has 0 atom stereocenters. The van der Waals surface area contributed by atoms with Crippen LogP contribution in [0.3, 0.4) is 0 Å². The van der Waals surface area contributed by atoms with Crippen LogP contribution in [0.15, 0.2) is 67.3 Å². The maximum Gasteiger partial charge on any atom is 0.269 e. The van der Waals surface area contributed by atoms with Crippen molar-refractivity contribution in [1.82, 2.24) is 14.5 Å². The highest BCUT2D eigenvalue weighted by molar-refractivity contribution is 7.22. The normalized spacial score (nSPS) is 10.9. The highest BCUT2D eigenvalue weighted by atomic mass is 35.5. The number of hydrogen-bond donors (Lipinski definition) is 0. The molecule has 0 radical (unpaired) electrons. The first-order chi connectivity index (χ1) is 15.5. The molecule has 33 heavy (non-hydrogen) atoms. The van der Waals surface area contributed by atoms with Crippen LogP contribution in [0.4, 0.5) is 15.2 Å². The Labute approximate surface area is 198 Å². The van der Waals surface area contributed by atoms with E-state index in [0.717, 1.165) is 0 Å². The van der Waals surface area contributed by atoms with Gasteiger partial charge in [0.1, 0.15) is 11.3 Å². The average Bonchev–Trinajstić information content (AvgIpc) is 3.46. The number of non-ortho nitro benzene ring substituents is 1. The fourth-order valence-electron chi connectivity index (χ4n) is 3.11. The van der Waals surface area contributed by atoms with Crippen molar-refractivity contribution in [3.05, 3.63) is 88.8 Å². The summed E-state index contributed by atoms with van der Waals surface area (Å²) in [6.07, 6.45) is 8.85. The van der Waals surface area contributed by atoms with Crippen molar-refractivity contribution in [3.63, 3.8) is 0 Å². The van der Waals surface area contributed by atoms with E-state index in [0.29, 0.717) is 34.9 Å². The van der Waals surface area contributed by atoms with Gasteiger partial charge in [-0.3, -0.25) is 19.8 Å². The van der Waals surface area contributed by atoms with E-state index in [4.69, 9.17) is 0 Å². The number of imidazole rings is 1. The summed E-state index contributed by atoms with van der Waals surface area (Å²) in [4.78, 5) is 33.2. The molecule has 0 fully saturated rings. The van der Waals surface area contributed by atoms with Crippen LogP contribution in [0.25, 0.3) is 16.3 Å². The third-order valence-electron chi connectivity index (χ3n) is 4.73. The first-order valence-corrected chi connectivity index (χ1v) is 10.6. The molecule has 0 aliphatic rings. The second-order valence-corrected chi connectivity index (χ2v) is 7.92. The topological polar surface area (TPSA) is 94.2 Å². The average molecular weight is 488 g/mol. The Kier molecular flexibility index (Phi) is 7.86. The molecule has 2 aromatic heterocycles. The Hall–Kier alpha value is -3.63. The molecular weight excluding hydrogens is 469 g/mol. The molecule has 4 rings (SSSR count). The summed E-state index contributed by atoms with van der Waals surface area (Å²) >= 11 is 1.25. The van der Waals surface area contributed by atoms with Gasteiger partial charge in [-0.25, -0.2) is 14.4 Å². The van der Waals surface area contributed by atoms with E-state index >= 15 is 0 Å². The van der Waals surface area contributed by atoms with Crippen LogP contribution in [-0.2, 0) is 11.3 Å². The van der Waals surface area contributed by atoms with E-state index in [2.05, 4.69) is 9.97 Å². The number of para-hydroxylation sites is 1. The Morgan fingerprint density at radius 1 is 1.24 bits per heavy atom. The monoisotopic (exact) mass is 487 g/mol. The predicted molar refractivity (Wildman–Crippen MR) is 128 cm³/mol. The summed E-state index contributed by atoms with van der Waals surface area (Å²) in [5.74, 6) is -0.745. The van der Waals surface area contributed by atoms with Gasteiger partial charge in [0.05, 0.1) is 16.0 Å². The van der Waals surface area contributed by atoms with Crippen LogP contribution >= 0.6 is 23.7 Å². The number of aryl methyl sites for hydroxylation is 1. The minimum atomic E-state index is -0.479. The number of benzene rings is 2. The first-order valence-electron chi connectivity index (χ1n) is 9.76. The number of rotatable bonds is 8. The highest BCUT2D eigenvalue weighted by Crippen LogP contribution is 2.30. The van der Waals surface area contributed by atoms with Gasteiger partial charge < -0.3 is 4.57 Å². The van der Waals surface area contributed by atoms with Gasteiger partial charge in [-0.15, -0.1) is 12.4 Å². The predicted octanol–water partition coefficient (Wildman–Crippen LogP) is 5.10. The highest BCUT2D eigenvalue weighted by Gasteiger charge is 2.19. The maximum absolute atomic E-state index is 14.1. The number of carbonyl (C=O) groups is 1. The summed E-state index contributed by atoms with van der Waals surface area (Å²) in [6, 6.07) is 10.6. The largest absolute Gasteiger partial charge is 0.337 e. The molecule has 0 aliphatic heterocycles. The molecule has 2 aromatic carbocycles. The lowest BCUT2D eigenvalue weighted by atomic mass is 10.2. The minimum Gasteiger partial charge on any atom is -0.337 e. The standard InChI is InChI=1S/C22H18FN5O3S.ClH/c23-18-3-1-4-19-21(18)25-22(32-19)27(13-2-12-26-14-11-24-15-26)20(29)10-7-16-5-8-17(9-6-16)28(30)31;/h1,3-11,14-15H,2,12-13H2;1H/b10-7+;. The molecular formula is C22H19ClFN5O3S. The molecule has 0 aliphatic carbocycles. The molecule has 170 valence electrons. The Balaban J connectivity index is 0.00000306. The quantitative estimate of drug-likeness (QED) is 0.196. The molecule has 0 N–H and O–H groups in total. The number of anilines is 1. The second-order valence-electron chi connectivity index (χ2n) is 6.91. The maximum atomic E-state index is 14.1. The number of nitro groups is 1. The fraction of sp³-hybridized carbons (Fsp3) is 0.136. The van der Waals surface area contributed by atoms with Crippen LogP contribution < -0.4 is 4.90 Å². The third kappa shape index (κ3) is 5.79. The summed E-state index contributed by atoms with van der Waals surface area (Å²) in [5, 5.41) is 11.2. The van der Waals surface area contributed by atoms with Crippen LogP contribution in [0.1, 0.15) is 12.0 Å². The van der Waals surface area contributed by atoms with Crippen molar-refractivity contribution in [2.24, 2.45) is 0 Å². The third-order valence-corrected chi connectivity index (χ3v) is 5.78. The van der Waals surface area contributed by atoms with Crippen molar-refractivity contribution < 1.29 is 14.1 Å². The number of nitrogens with zero attached hydrogens (tertiary/aromatic N) is 5. The van der Waals surface area contributed by atoms with Crippen LogP contribution in [0, 0.1) is 15.9 Å². The number of amides is 1. The van der Waals surface area contributed by atoms with Crippen molar-refractivity contribution >= 4 is 56.8 Å². The van der Waals surface area contributed by atoms with Gasteiger partial charge in [-0.2, -0.15) is 0 Å². The first kappa shape index (κ1) is 24.0. The van der Waals surface area contributed by atoms with Crippen molar-refractivity contribution in [1.29, 1.82) is 0 Å². The van der Waals surface area contributed by atoms with Gasteiger partial charge in [0.2, 0.25) is 0 Å². The molecule has 8 nitrogen and oxygen atoms in total. The lowest BCUT2D eigenvalue weighted by Gasteiger charge is -2.18. The zero-order valence-electron chi connectivity index (χ0n) is 17.2. The van der Waals surface area contributed by atoms with Gasteiger partial charge in [0, 0.05) is 43.7 Å².